The summed E-state index contributed by atoms with van der Waals surface area (Å²) in [7, 11) is -3.61. The van der Waals surface area contributed by atoms with Gasteiger partial charge in [0.1, 0.15) is 0 Å². The van der Waals surface area contributed by atoms with Gasteiger partial charge in [0, 0.05) is 19.2 Å². The van der Waals surface area contributed by atoms with Crippen molar-refractivity contribution in [3.8, 4) is 0 Å². The van der Waals surface area contributed by atoms with Crippen molar-refractivity contribution in [3.63, 3.8) is 0 Å². The number of carbonyl (C=O) groups is 2. The number of aryl methyl sites for hydroxylation is 1. The Labute approximate surface area is 181 Å². The van der Waals surface area contributed by atoms with Crippen LogP contribution >= 0.6 is 0 Å². The lowest BCUT2D eigenvalue weighted by molar-refractivity contribution is -0.152. The summed E-state index contributed by atoms with van der Waals surface area (Å²) in [4.78, 5) is 24.4. The van der Waals surface area contributed by atoms with Crippen LogP contribution in [0.4, 0.5) is 5.88 Å². The molecule has 168 valence electrons. The predicted octanol–water partition coefficient (Wildman–Crippen LogP) is 2.69. The van der Waals surface area contributed by atoms with Crippen LogP contribution in [0, 0.1) is 12.8 Å². The number of sulfonamides is 1. The summed E-state index contributed by atoms with van der Waals surface area (Å²) in [5.74, 6) is -0.995. The van der Waals surface area contributed by atoms with Crippen LogP contribution in [0.5, 0.6) is 0 Å². The largest absolute Gasteiger partial charge is 0.455 e. The number of esters is 1. The van der Waals surface area contributed by atoms with Gasteiger partial charge in [0.25, 0.3) is 5.91 Å². The van der Waals surface area contributed by atoms with Crippen molar-refractivity contribution < 1.29 is 27.3 Å². The molecule has 9 nitrogen and oxygen atoms in total. The molecule has 10 heteroatoms. The van der Waals surface area contributed by atoms with E-state index in [4.69, 9.17) is 9.26 Å². The van der Waals surface area contributed by atoms with Crippen LogP contribution < -0.4 is 5.32 Å². The number of aromatic nitrogens is 1. The Balaban J connectivity index is 1.49. The van der Waals surface area contributed by atoms with Crippen molar-refractivity contribution in [1.82, 2.24) is 9.46 Å². The number of amides is 1. The Bertz CT molecular complexity index is 1020. The topological polar surface area (TPSA) is 119 Å². The van der Waals surface area contributed by atoms with Gasteiger partial charge in [-0.15, -0.1) is 0 Å². The van der Waals surface area contributed by atoms with Crippen LogP contribution in [-0.4, -0.2) is 49.5 Å². The number of hydrogen-bond donors (Lipinski definition) is 1. The van der Waals surface area contributed by atoms with Gasteiger partial charge in [0.15, 0.2) is 6.61 Å². The lowest BCUT2D eigenvalue weighted by Gasteiger charge is -2.30. The van der Waals surface area contributed by atoms with Gasteiger partial charge in [0.2, 0.25) is 15.9 Å². The molecule has 2 aromatic rings. The van der Waals surface area contributed by atoms with E-state index in [1.165, 1.54) is 4.31 Å². The highest BCUT2D eigenvalue weighted by atomic mass is 32.2. The maximum absolute atomic E-state index is 12.9. The van der Waals surface area contributed by atoms with Crippen molar-refractivity contribution >= 4 is 27.8 Å². The van der Waals surface area contributed by atoms with Gasteiger partial charge in [-0.1, -0.05) is 31.1 Å². The van der Waals surface area contributed by atoms with E-state index < -0.39 is 34.4 Å². The summed E-state index contributed by atoms with van der Waals surface area (Å²) in [6.45, 7) is 5.80. The molecule has 1 saturated heterocycles. The highest BCUT2D eigenvalue weighted by Crippen LogP contribution is 2.26. The third-order valence-corrected chi connectivity index (χ3v) is 7.12. The minimum Gasteiger partial charge on any atom is -0.455 e. The van der Waals surface area contributed by atoms with Gasteiger partial charge >= 0.3 is 5.97 Å². The Hall–Kier alpha value is -2.72. The molecule has 1 aromatic carbocycles. The molecule has 3 rings (SSSR count). The van der Waals surface area contributed by atoms with Gasteiger partial charge in [-0.25, -0.2) is 8.42 Å². The molecule has 31 heavy (non-hydrogen) atoms. The molecule has 0 spiro atoms. The summed E-state index contributed by atoms with van der Waals surface area (Å²) in [6.07, 6.45) is 0.677. The van der Waals surface area contributed by atoms with Gasteiger partial charge in [-0.3, -0.25) is 14.9 Å². The van der Waals surface area contributed by atoms with Gasteiger partial charge in [-0.2, -0.15) is 4.31 Å². The van der Waals surface area contributed by atoms with E-state index in [2.05, 4.69) is 10.5 Å². The molecule has 2 heterocycles. The zero-order chi connectivity index (χ0) is 22.6. The van der Waals surface area contributed by atoms with Crippen molar-refractivity contribution in [2.24, 2.45) is 5.92 Å². The maximum atomic E-state index is 12.9. The summed E-state index contributed by atoms with van der Waals surface area (Å²) < 4.78 is 37.1. The first-order valence-corrected chi connectivity index (χ1v) is 11.6. The number of hydrogen-bond acceptors (Lipinski definition) is 7. The molecule has 0 saturated carbocycles. The molecule has 1 amide bonds. The van der Waals surface area contributed by atoms with Crippen LogP contribution in [0.3, 0.4) is 0 Å². The molecule has 1 fully saturated rings. The third-order valence-electron chi connectivity index (χ3n) is 5.21. The van der Waals surface area contributed by atoms with Crippen molar-refractivity contribution in [1.29, 1.82) is 0 Å². The Morgan fingerprint density at radius 3 is 2.42 bits per heavy atom. The number of rotatable bonds is 7. The molecular formula is C21H27N3O6S. The molecular weight excluding hydrogens is 422 g/mol. The Kier molecular flexibility index (Phi) is 7.11. The third kappa shape index (κ3) is 5.71. The first-order valence-electron chi connectivity index (χ1n) is 10.2. The minimum absolute atomic E-state index is 0.179. The Morgan fingerprint density at radius 1 is 1.23 bits per heavy atom. The SMILES string of the molecule is Cc1cc(NC(=O)COC(=O)C2CCN(S(=O)(=O)c3ccc(C(C)C)cc3)CC2)on1. The van der Waals surface area contributed by atoms with E-state index in [-0.39, 0.29) is 23.9 Å². The van der Waals surface area contributed by atoms with Crippen LogP contribution in [0.25, 0.3) is 0 Å². The van der Waals surface area contributed by atoms with Crippen molar-refractivity contribution in [2.75, 3.05) is 25.0 Å². The quantitative estimate of drug-likeness (QED) is 0.646. The molecule has 0 bridgehead atoms. The molecule has 1 N–H and O–H groups in total. The summed E-state index contributed by atoms with van der Waals surface area (Å²) in [5, 5.41) is 6.09. The zero-order valence-corrected chi connectivity index (χ0v) is 18.6. The summed E-state index contributed by atoms with van der Waals surface area (Å²) >= 11 is 0. The Morgan fingerprint density at radius 2 is 1.87 bits per heavy atom. The lowest BCUT2D eigenvalue weighted by Crippen LogP contribution is -2.40. The van der Waals surface area contributed by atoms with Gasteiger partial charge in [-0.05, 0) is 43.4 Å². The monoisotopic (exact) mass is 449 g/mol. The fourth-order valence-corrected chi connectivity index (χ4v) is 4.83. The van der Waals surface area contributed by atoms with Crippen molar-refractivity contribution in [3.05, 3.63) is 41.6 Å². The van der Waals surface area contributed by atoms with Gasteiger partial charge < -0.3 is 9.26 Å². The second-order valence-corrected chi connectivity index (χ2v) is 9.83. The average molecular weight is 450 g/mol. The van der Waals surface area contributed by atoms with Crippen LogP contribution in [0.1, 0.15) is 43.9 Å². The highest BCUT2D eigenvalue weighted by molar-refractivity contribution is 7.89. The maximum Gasteiger partial charge on any atom is 0.309 e. The normalized spacial score (nSPS) is 15.7. The number of piperidine rings is 1. The predicted molar refractivity (Wildman–Crippen MR) is 113 cm³/mol. The zero-order valence-electron chi connectivity index (χ0n) is 17.8. The fraction of sp³-hybridized carbons (Fsp3) is 0.476. The average Bonchev–Trinajstić information content (AvgIpc) is 3.16. The summed E-state index contributed by atoms with van der Waals surface area (Å²) in [5.41, 5.74) is 1.69. The van der Waals surface area contributed by atoms with E-state index in [0.717, 1.165) is 5.56 Å². The molecule has 1 aliphatic rings. The minimum atomic E-state index is -3.61. The van der Waals surface area contributed by atoms with Crippen LogP contribution in [0.15, 0.2) is 39.8 Å². The number of ether oxygens (including phenoxy) is 1. The number of nitrogens with zero attached hydrogens (tertiary/aromatic N) is 2. The molecule has 0 unspecified atom stereocenters. The molecule has 0 aliphatic carbocycles. The lowest BCUT2D eigenvalue weighted by atomic mass is 9.98. The molecule has 0 atom stereocenters. The van der Waals surface area contributed by atoms with Gasteiger partial charge in [0.05, 0.1) is 16.5 Å². The summed E-state index contributed by atoms with van der Waals surface area (Å²) in [6, 6.07) is 8.45. The van der Waals surface area contributed by atoms with E-state index in [1.54, 1.807) is 25.1 Å². The molecule has 1 aliphatic heterocycles. The van der Waals surface area contributed by atoms with E-state index >= 15 is 0 Å². The van der Waals surface area contributed by atoms with Crippen LogP contribution in [-0.2, 0) is 24.3 Å². The van der Waals surface area contributed by atoms with E-state index in [1.807, 2.05) is 26.0 Å². The second kappa shape index (κ2) is 9.61. The number of anilines is 1. The number of benzene rings is 1. The number of nitrogens with one attached hydrogen (secondary N) is 1. The first kappa shape index (κ1) is 23.0. The smallest absolute Gasteiger partial charge is 0.309 e. The first-order chi connectivity index (χ1) is 14.7. The van der Waals surface area contributed by atoms with Crippen molar-refractivity contribution in [2.45, 2.75) is 44.4 Å². The molecule has 0 radical (unpaired) electrons. The molecule has 1 aromatic heterocycles. The van der Waals surface area contributed by atoms with Crippen LogP contribution in [0.2, 0.25) is 0 Å². The number of carbonyl (C=O) groups excluding carboxylic acids is 2. The highest BCUT2D eigenvalue weighted by Gasteiger charge is 2.33. The van der Waals surface area contributed by atoms with E-state index in [9.17, 15) is 18.0 Å². The standard InChI is InChI=1S/C21H27N3O6S/c1-14(2)16-4-6-18(7-5-16)31(27,28)24-10-8-17(9-11-24)21(26)29-13-19(25)22-20-12-15(3)23-30-20/h4-7,12,14,17H,8-11,13H2,1-3H3,(H,22,25). The fourth-order valence-electron chi connectivity index (χ4n) is 3.36. The second-order valence-electron chi connectivity index (χ2n) is 7.89. The van der Waals surface area contributed by atoms with E-state index in [0.29, 0.717) is 24.5 Å².